The molecule has 1 aromatic rings. The van der Waals surface area contributed by atoms with Gasteiger partial charge in [0.05, 0.1) is 4.90 Å². The molecule has 0 aromatic carbocycles. The van der Waals surface area contributed by atoms with Crippen LogP contribution in [0.1, 0.15) is 13.3 Å². The minimum Gasteiger partial charge on any atom is -0.370 e. The molecule has 1 unspecified atom stereocenters. The van der Waals surface area contributed by atoms with Gasteiger partial charge in [-0.25, -0.2) is 18.1 Å². The Morgan fingerprint density at radius 2 is 2.32 bits per heavy atom. The van der Waals surface area contributed by atoms with E-state index in [1.807, 2.05) is 6.92 Å². The van der Waals surface area contributed by atoms with Gasteiger partial charge < -0.3 is 10.6 Å². The normalized spacial score (nSPS) is 19.2. The van der Waals surface area contributed by atoms with E-state index in [0.717, 1.165) is 0 Å². The number of hydrogen-bond donors (Lipinski definition) is 3. The summed E-state index contributed by atoms with van der Waals surface area (Å²) in [7, 11) is -3.63. The number of nitrogens with one attached hydrogen (secondary N) is 3. The molecule has 1 aromatic heterocycles. The van der Waals surface area contributed by atoms with Gasteiger partial charge in [-0.2, -0.15) is 0 Å². The lowest BCUT2D eigenvalue weighted by atomic mass is 10.3. The summed E-state index contributed by atoms with van der Waals surface area (Å²) < 4.78 is 26.8. The van der Waals surface area contributed by atoms with Gasteiger partial charge in [0.15, 0.2) is 0 Å². The SMILES string of the molecule is CCNc1cc(S(=O)(=O)NC2CNC(=O)C2)ccn1. The lowest BCUT2D eigenvalue weighted by molar-refractivity contribution is -0.119. The van der Waals surface area contributed by atoms with E-state index in [0.29, 0.717) is 18.9 Å². The second-order valence-electron chi connectivity index (χ2n) is 4.23. The molecule has 2 rings (SSSR count). The first-order valence-corrected chi connectivity index (χ1v) is 7.48. The summed E-state index contributed by atoms with van der Waals surface area (Å²) in [5.41, 5.74) is 0. The predicted molar refractivity (Wildman–Crippen MR) is 70.1 cm³/mol. The number of carbonyl (C=O) groups excluding carboxylic acids is 1. The van der Waals surface area contributed by atoms with Crippen molar-refractivity contribution >= 4 is 21.7 Å². The Morgan fingerprint density at radius 3 is 2.95 bits per heavy atom. The molecule has 1 atom stereocenters. The zero-order valence-corrected chi connectivity index (χ0v) is 11.3. The van der Waals surface area contributed by atoms with Crippen LogP contribution in [0, 0.1) is 0 Å². The van der Waals surface area contributed by atoms with Crippen molar-refractivity contribution in [2.75, 3.05) is 18.4 Å². The van der Waals surface area contributed by atoms with E-state index < -0.39 is 16.1 Å². The molecule has 0 bridgehead atoms. The average Bonchev–Trinajstić information content (AvgIpc) is 2.75. The monoisotopic (exact) mass is 284 g/mol. The summed E-state index contributed by atoms with van der Waals surface area (Å²) in [4.78, 5) is 15.2. The summed E-state index contributed by atoms with van der Waals surface area (Å²) in [5, 5.41) is 5.54. The van der Waals surface area contributed by atoms with Crippen LogP contribution < -0.4 is 15.4 Å². The fourth-order valence-electron chi connectivity index (χ4n) is 1.83. The third kappa shape index (κ3) is 3.42. The molecule has 1 aliphatic rings. The number of nitrogens with zero attached hydrogens (tertiary/aromatic N) is 1. The third-order valence-electron chi connectivity index (χ3n) is 2.70. The van der Waals surface area contributed by atoms with Crippen LogP contribution in [-0.4, -0.2) is 38.4 Å². The van der Waals surface area contributed by atoms with Crippen LogP contribution in [0.2, 0.25) is 0 Å². The van der Waals surface area contributed by atoms with Crippen molar-refractivity contribution in [3.63, 3.8) is 0 Å². The average molecular weight is 284 g/mol. The number of pyridine rings is 1. The summed E-state index contributed by atoms with van der Waals surface area (Å²) in [6, 6.07) is 2.50. The van der Waals surface area contributed by atoms with Crippen molar-refractivity contribution in [3.8, 4) is 0 Å². The van der Waals surface area contributed by atoms with Gasteiger partial charge in [-0.3, -0.25) is 4.79 Å². The van der Waals surface area contributed by atoms with E-state index in [4.69, 9.17) is 0 Å². The molecule has 1 aliphatic heterocycles. The van der Waals surface area contributed by atoms with Gasteiger partial charge in [0, 0.05) is 37.8 Å². The maximum Gasteiger partial charge on any atom is 0.241 e. The van der Waals surface area contributed by atoms with Crippen molar-refractivity contribution in [2.24, 2.45) is 0 Å². The standard InChI is InChI=1S/C11H16N4O3S/c1-2-12-10-6-9(3-4-13-10)19(17,18)15-8-5-11(16)14-7-8/h3-4,6,8,15H,2,5,7H2,1H3,(H,12,13)(H,14,16). The zero-order chi connectivity index (χ0) is 13.9. The summed E-state index contributed by atoms with van der Waals surface area (Å²) in [6.07, 6.45) is 1.61. The van der Waals surface area contributed by atoms with Crippen LogP contribution in [0.15, 0.2) is 23.2 Å². The number of carbonyl (C=O) groups is 1. The molecule has 1 saturated heterocycles. The van der Waals surface area contributed by atoms with Crippen molar-refractivity contribution < 1.29 is 13.2 Å². The summed E-state index contributed by atoms with van der Waals surface area (Å²) in [6.45, 7) is 2.88. The Kier molecular flexibility index (Phi) is 4.01. The number of rotatable bonds is 5. The second-order valence-corrected chi connectivity index (χ2v) is 5.95. The van der Waals surface area contributed by atoms with Crippen molar-refractivity contribution in [1.29, 1.82) is 0 Å². The molecule has 0 radical (unpaired) electrons. The zero-order valence-electron chi connectivity index (χ0n) is 10.5. The van der Waals surface area contributed by atoms with Gasteiger partial charge in [-0.05, 0) is 13.0 Å². The van der Waals surface area contributed by atoms with Gasteiger partial charge in [-0.15, -0.1) is 0 Å². The van der Waals surface area contributed by atoms with Crippen LogP contribution in [0.3, 0.4) is 0 Å². The number of sulfonamides is 1. The molecule has 2 heterocycles. The molecule has 3 N–H and O–H groups in total. The van der Waals surface area contributed by atoms with Gasteiger partial charge in [0.25, 0.3) is 0 Å². The van der Waals surface area contributed by atoms with Crippen molar-refractivity contribution in [3.05, 3.63) is 18.3 Å². The predicted octanol–water partition coefficient (Wildman–Crippen LogP) is -0.320. The van der Waals surface area contributed by atoms with Crippen LogP contribution in [0.25, 0.3) is 0 Å². The molecule has 0 aliphatic carbocycles. The molecular formula is C11H16N4O3S. The highest BCUT2D eigenvalue weighted by molar-refractivity contribution is 7.89. The Labute approximate surface area is 111 Å². The van der Waals surface area contributed by atoms with Gasteiger partial charge in [0.1, 0.15) is 5.82 Å². The Hall–Kier alpha value is -1.67. The van der Waals surface area contributed by atoms with Crippen molar-refractivity contribution in [1.82, 2.24) is 15.0 Å². The van der Waals surface area contributed by atoms with E-state index in [1.165, 1.54) is 18.3 Å². The third-order valence-corrected chi connectivity index (χ3v) is 4.22. The van der Waals surface area contributed by atoms with Gasteiger partial charge >= 0.3 is 0 Å². The Balaban J connectivity index is 2.14. The molecule has 7 nitrogen and oxygen atoms in total. The largest absolute Gasteiger partial charge is 0.370 e. The van der Waals surface area contributed by atoms with Crippen LogP contribution in [0.4, 0.5) is 5.82 Å². The Bertz CT molecular complexity index is 573. The first-order chi connectivity index (χ1) is 9.01. The molecule has 8 heteroatoms. The van der Waals surface area contributed by atoms with E-state index in [9.17, 15) is 13.2 Å². The second kappa shape index (κ2) is 5.54. The fraction of sp³-hybridized carbons (Fsp3) is 0.455. The maximum absolute atomic E-state index is 12.1. The first kappa shape index (κ1) is 13.8. The smallest absolute Gasteiger partial charge is 0.241 e. The topological polar surface area (TPSA) is 100 Å². The van der Waals surface area contributed by atoms with Crippen LogP contribution >= 0.6 is 0 Å². The van der Waals surface area contributed by atoms with Gasteiger partial charge in [-0.1, -0.05) is 0 Å². The van der Waals surface area contributed by atoms with Gasteiger partial charge in [0.2, 0.25) is 15.9 Å². The summed E-state index contributed by atoms with van der Waals surface area (Å²) in [5.74, 6) is 0.363. The molecule has 0 spiro atoms. The molecule has 0 saturated carbocycles. The highest BCUT2D eigenvalue weighted by Crippen LogP contribution is 2.14. The maximum atomic E-state index is 12.1. The first-order valence-electron chi connectivity index (χ1n) is 6.00. The van der Waals surface area contributed by atoms with Crippen LogP contribution in [0.5, 0.6) is 0 Å². The minimum absolute atomic E-state index is 0.137. The Morgan fingerprint density at radius 1 is 1.53 bits per heavy atom. The van der Waals surface area contributed by atoms with Crippen molar-refractivity contribution in [2.45, 2.75) is 24.3 Å². The summed E-state index contributed by atoms with van der Waals surface area (Å²) >= 11 is 0. The number of hydrogen-bond acceptors (Lipinski definition) is 5. The fourth-order valence-corrected chi connectivity index (χ4v) is 3.08. The molecule has 1 amide bonds. The minimum atomic E-state index is -3.63. The van der Waals surface area contributed by atoms with E-state index in [1.54, 1.807) is 0 Å². The van der Waals surface area contributed by atoms with E-state index in [-0.39, 0.29) is 17.2 Å². The van der Waals surface area contributed by atoms with E-state index in [2.05, 4.69) is 20.3 Å². The highest BCUT2D eigenvalue weighted by atomic mass is 32.2. The number of anilines is 1. The lowest BCUT2D eigenvalue weighted by Gasteiger charge is -2.12. The van der Waals surface area contributed by atoms with E-state index >= 15 is 0 Å². The number of aromatic nitrogens is 1. The molecule has 19 heavy (non-hydrogen) atoms. The van der Waals surface area contributed by atoms with Crippen LogP contribution in [-0.2, 0) is 14.8 Å². The molecule has 1 fully saturated rings. The molecular weight excluding hydrogens is 268 g/mol. The molecule has 104 valence electrons. The highest BCUT2D eigenvalue weighted by Gasteiger charge is 2.26. The lowest BCUT2D eigenvalue weighted by Crippen LogP contribution is -2.36. The quantitative estimate of drug-likeness (QED) is 0.688. The number of amides is 1.